The predicted octanol–water partition coefficient (Wildman–Crippen LogP) is 1.67. The van der Waals surface area contributed by atoms with E-state index in [1.807, 2.05) is 12.1 Å². The Balaban J connectivity index is 2.08. The summed E-state index contributed by atoms with van der Waals surface area (Å²) in [6.45, 7) is 0. The first kappa shape index (κ1) is 10.8. The van der Waals surface area contributed by atoms with Crippen LogP contribution in [-0.4, -0.2) is 30.3 Å². The molecule has 1 saturated heterocycles. The lowest BCUT2D eigenvalue weighted by molar-refractivity contribution is 0.462. The van der Waals surface area contributed by atoms with Crippen molar-refractivity contribution in [2.24, 2.45) is 0 Å². The van der Waals surface area contributed by atoms with Gasteiger partial charge in [-0.2, -0.15) is 0 Å². The minimum atomic E-state index is -2.83. The van der Waals surface area contributed by atoms with Gasteiger partial charge in [0.1, 0.15) is 5.75 Å². The van der Waals surface area contributed by atoms with Crippen LogP contribution in [0, 0.1) is 0 Å². The SMILES string of the molecule is O=S1(=O)CCC(Sc2ccccc2O)C1. The molecule has 1 fully saturated rings. The third-order valence-electron chi connectivity index (χ3n) is 2.35. The molecule has 1 heterocycles. The highest BCUT2D eigenvalue weighted by atomic mass is 32.2. The Labute approximate surface area is 93.4 Å². The normalized spacial score (nSPS) is 24.1. The maximum atomic E-state index is 11.2. The molecule has 0 amide bonds. The molecule has 3 nitrogen and oxygen atoms in total. The molecule has 1 aliphatic rings. The minimum absolute atomic E-state index is 0.0864. The topological polar surface area (TPSA) is 54.4 Å². The Morgan fingerprint density at radius 2 is 2.07 bits per heavy atom. The highest BCUT2D eigenvalue weighted by Crippen LogP contribution is 2.35. The van der Waals surface area contributed by atoms with E-state index in [4.69, 9.17) is 0 Å². The molecule has 1 unspecified atom stereocenters. The summed E-state index contributed by atoms with van der Waals surface area (Å²) in [4.78, 5) is 0.764. The number of phenolic OH excluding ortho intramolecular Hbond substituents is 1. The number of rotatable bonds is 2. The van der Waals surface area contributed by atoms with Gasteiger partial charge in [-0.1, -0.05) is 12.1 Å². The zero-order valence-electron chi connectivity index (χ0n) is 8.09. The maximum absolute atomic E-state index is 11.2. The van der Waals surface area contributed by atoms with Gasteiger partial charge in [-0.05, 0) is 18.6 Å². The molecule has 0 saturated carbocycles. The standard InChI is InChI=1S/C10H12O3S2/c11-9-3-1-2-4-10(9)14-8-5-6-15(12,13)7-8/h1-4,8,11H,5-7H2. The van der Waals surface area contributed by atoms with E-state index in [2.05, 4.69) is 0 Å². The first-order chi connectivity index (χ1) is 7.07. The number of thioether (sulfide) groups is 1. The van der Waals surface area contributed by atoms with Crippen LogP contribution in [0.15, 0.2) is 29.2 Å². The van der Waals surface area contributed by atoms with Crippen LogP contribution < -0.4 is 0 Å². The molecule has 1 aromatic rings. The van der Waals surface area contributed by atoms with Gasteiger partial charge in [0.25, 0.3) is 0 Å². The number of hydrogen-bond acceptors (Lipinski definition) is 4. The van der Waals surface area contributed by atoms with E-state index in [0.29, 0.717) is 6.42 Å². The smallest absolute Gasteiger partial charge is 0.151 e. The number of sulfone groups is 1. The average Bonchev–Trinajstić information content (AvgIpc) is 2.50. The summed E-state index contributed by atoms with van der Waals surface area (Å²) in [7, 11) is -2.83. The minimum Gasteiger partial charge on any atom is -0.507 e. The summed E-state index contributed by atoms with van der Waals surface area (Å²) in [5.41, 5.74) is 0. The van der Waals surface area contributed by atoms with Crippen LogP contribution in [-0.2, 0) is 9.84 Å². The molecule has 0 bridgehead atoms. The second kappa shape index (κ2) is 4.06. The average molecular weight is 244 g/mol. The molecule has 0 aromatic heterocycles. The Kier molecular flexibility index (Phi) is 2.93. The largest absolute Gasteiger partial charge is 0.507 e. The number of aromatic hydroxyl groups is 1. The number of hydrogen-bond donors (Lipinski definition) is 1. The molecular weight excluding hydrogens is 232 g/mol. The fourth-order valence-electron chi connectivity index (χ4n) is 1.59. The lowest BCUT2D eigenvalue weighted by atomic mass is 10.3. The van der Waals surface area contributed by atoms with Crippen LogP contribution in [0.3, 0.4) is 0 Å². The van der Waals surface area contributed by atoms with Crippen LogP contribution in [0.2, 0.25) is 0 Å². The molecule has 82 valence electrons. The van der Waals surface area contributed by atoms with Crippen molar-refractivity contribution in [3.63, 3.8) is 0 Å². The van der Waals surface area contributed by atoms with Crippen LogP contribution in [0.5, 0.6) is 5.75 Å². The monoisotopic (exact) mass is 244 g/mol. The van der Waals surface area contributed by atoms with Crippen LogP contribution in [0.25, 0.3) is 0 Å². The van der Waals surface area contributed by atoms with E-state index in [0.717, 1.165) is 4.90 Å². The predicted molar refractivity (Wildman–Crippen MR) is 61.0 cm³/mol. The van der Waals surface area contributed by atoms with Crippen molar-refractivity contribution >= 4 is 21.6 Å². The van der Waals surface area contributed by atoms with E-state index in [-0.39, 0.29) is 22.5 Å². The van der Waals surface area contributed by atoms with Crippen molar-refractivity contribution in [1.82, 2.24) is 0 Å². The van der Waals surface area contributed by atoms with Gasteiger partial charge < -0.3 is 5.11 Å². The third-order valence-corrected chi connectivity index (χ3v) is 5.66. The van der Waals surface area contributed by atoms with Gasteiger partial charge >= 0.3 is 0 Å². The van der Waals surface area contributed by atoms with Gasteiger partial charge in [0, 0.05) is 10.1 Å². The Morgan fingerprint density at radius 3 is 2.67 bits per heavy atom. The van der Waals surface area contributed by atoms with Crippen LogP contribution >= 0.6 is 11.8 Å². The van der Waals surface area contributed by atoms with Crippen LogP contribution in [0.1, 0.15) is 6.42 Å². The van der Waals surface area contributed by atoms with Gasteiger partial charge in [0.05, 0.1) is 11.5 Å². The molecule has 1 N–H and O–H groups in total. The summed E-state index contributed by atoms with van der Waals surface area (Å²) < 4.78 is 22.5. The van der Waals surface area contributed by atoms with E-state index < -0.39 is 9.84 Å². The zero-order valence-corrected chi connectivity index (χ0v) is 9.72. The van der Waals surface area contributed by atoms with Crippen molar-refractivity contribution in [3.8, 4) is 5.75 Å². The maximum Gasteiger partial charge on any atom is 0.151 e. The highest BCUT2D eigenvalue weighted by Gasteiger charge is 2.28. The van der Waals surface area contributed by atoms with Crippen molar-refractivity contribution in [2.45, 2.75) is 16.6 Å². The Bertz CT molecular complexity index is 453. The Hall–Kier alpha value is -0.680. The highest BCUT2D eigenvalue weighted by molar-refractivity contribution is 8.02. The number of para-hydroxylation sites is 1. The van der Waals surface area contributed by atoms with Crippen molar-refractivity contribution in [2.75, 3.05) is 11.5 Å². The van der Waals surface area contributed by atoms with E-state index in [1.165, 1.54) is 11.8 Å². The van der Waals surface area contributed by atoms with Gasteiger partial charge in [-0.25, -0.2) is 8.42 Å². The summed E-state index contributed by atoms with van der Waals surface area (Å²) in [5, 5.41) is 9.62. The molecule has 0 aliphatic carbocycles. The lowest BCUT2D eigenvalue weighted by Gasteiger charge is -2.08. The summed E-state index contributed by atoms with van der Waals surface area (Å²) in [5.74, 6) is 0.733. The fraction of sp³-hybridized carbons (Fsp3) is 0.400. The molecule has 1 aromatic carbocycles. The first-order valence-corrected chi connectivity index (χ1v) is 7.42. The molecule has 2 rings (SSSR count). The number of benzene rings is 1. The number of phenols is 1. The quantitative estimate of drug-likeness (QED) is 0.860. The summed E-state index contributed by atoms with van der Waals surface area (Å²) in [6, 6.07) is 7.02. The molecule has 1 aliphatic heterocycles. The van der Waals surface area contributed by atoms with Gasteiger partial charge in [0.15, 0.2) is 9.84 Å². The molecular formula is C10H12O3S2. The second-order valence-electron chi connectivity index (χ2n) is 3.61. The van der Waals surface area contributed by atoms with Gasteiger partial charge in [-0.15, -0.1) is 11.8 Å². The van der Waals surface area contributed by atoms with Crippen molar-refractivity contribution in [3.05, 3.63) is 24.3 Å². The molecule has 0 radical (unpaired) electrons. The van der Waals surface area contributed by atoms with Gasteiger partial charge in [0.2, 0.25) is 0 Å². The van der Waals surface area contributed by atoms with E-state index in [1.54, 1.807) is 12.1 Å². The molecule has 15 heavy (non-hydrogen) atoms. The van der Waals surface area contributed by atoms with E-state index >= 15 is 0 Å². The van der Waals surface area contributed by atoms with Crippen molar-refractivity contribution < 1.29 is 13.5 Å². The lowest BCUT2D eigenvalue weighted by Crippen LogP contribution is -2.05. The molecule has 1 atom stereocenters. The molecule has 5 heteroatoms. The van der Waals surface area contributed by atoms with E-state index in [9.17, 15) is 13.5 Å². The molecule has 0 spiro atoms. The zero-order chi connectivity index (χ0) is 10.9. The first-order valence-electron chi connectivity index (χ1n) is 4.72. The Morgan fingerprint density at radius 1 is 1.33 bits per heavy atom. The summed E-state index contributed by atoms with van der Waals surface area (Å²) >= 11 is 1.45. The van der Waals surface area contributed by atoms with Crippen LogP contribution in [0.4, 0.5) is 0 Å². The van der Waals surface area contributed by atoms with Gasteiger partial charge in [-0.3, -0.25) is 0 Å². The fourth-order valence-corrected chi connectivity index (χ4v) is 5.12. The second-order valence-corrected chi connectivity index (χ2v) is 7.18. The summed E-state index contributed by atoms with van der Waals surface area (Å²) in [6.07, 6.45) is 0.682. The third kappa shape index (κ3) is 2.66. The van der Waals surface area contributed by atoms with Crippen molar-refractivity contribution in [1.29, 1.82) is 0 Å².